The number of para-hydroxylation sites is 1. The van der Waals surface area contributed by atoms with E-state index in [-0.39, 0.29) is 12.3 Å². The quantitative estimate of drug-likeness (QED) is 0.777. The maximum Gasteiger partial charge on any atom is 0.228 e. The zero-order valence-electron chi connectivity index (χ0n) is 12.5. The van der Waals surface area contributed by atoms with Crippen molar-refractivity contribution in [3.05, 3.63) is 53.9 Å². The number of imidazole rings is 1. The van der Waals surface area contributed by atoms with Crippen LogP contribution in [0.1, 0.15) is 11.4 Å². The van der Waals surface area contributed by atoms with Gasteiger partial charge in [0, 0.05) is 11.3 Å². The first-order valence-electron chi connectivity index (χ1n) is 7.04. The zero-order valence-corrected chi connectivity index (χ0v) is 12.5. The summed E-state index contributed by atoms with van der Waals surface area (Å²) in [5, 5.41) is 2.90. The van der Waals surface area contributed by atoms with Gasteiger partial charge in [-0.25, -0.2) is 4.98 Å². The Morgan fingerprint density at radius 1 is 1.27 bits per heavy atom. The second-order valence-electron chi connectivity index (χ2n) is 5.09. The summed E-state index contributed by atoms with van der Waals surface area (Å²) in [7, 11) is 1.60. The molecule has 0 aliphatic heterocycles. The Hall–Kier alpha value is -2.82. The van der Waals surface area contributed by atoms with Crippen LogP contribution in [0.5, 0.6) is 5.75 Å². The van der Waals surface area contributed by atoms with Crippen molar-refractivity contribution in [1.29, 1.82) is 0 Å². The number of aromatic amines is 1. The van der Waals surface area contributed by atoms with Gasteiger partial charge in [-0.2, -0.15) is 0 Å². The molecule has 2 N–H and O–H groups in total. The highest BCUT2D eigenvalue weighted by molar-refractivity contribution is 5.94. The SMILES string of the molecule is COc1ccccc1CC(=O)Nc1ccc2nc(C)[nH]c2c1. The summed E-state index contributed by atoms with van der Waals surface area (Å²) in [4.78, 5) is 19.7. The minimum atomic E-state index is -0.0833. The van der Waals surface area contributed by atoms with E-state index < -0.39 is 0 Å². The molecule has 0 unspecified atom stereocenters. The minimum absolute atomic E-state index is 0.0833. The Labute approximate surface area is 128 Å². The van der Waals surface area contributed by atoms with E-state index >= 15 is 0 Å². The summed E-state index contributed by atoms with van der Waals surface area (Å²) in [5.41, 5.74) is 3.41. The number of carbonyl (C=O) groups is 1. The summed E-state index contributed by atoms with van der Waals surface area (Å²) in [6.07, 6.45) is 0.268. The maximum atomic E-state index is 12.2. The maximum absolute atomic E-state index is 12.2. The normalized spacial score (nSPS) is 10.6. The van der Waals surface area contributed by atoms with Gasteiger partial charge in [0.1, 0.15) is 11.6 Å². The number of benzene rings is 2. The van der Waals surface area contributed by atoms with Gasteiger partial charge in [-0.1, -0.05) is 18.2 Å². The van der Waals surface area contributed by atoms with Crippen LogP contribution in [0.4, 0.5) is 5.69 Å². The number of aromatic nitrogens is 2. The highest BCUT2D eigenvalue weighted by Gasteiger charge is 2.09. The van der Waals surface area contributed by atoms with Crippen LogP contribution in [0.3, 0.4) is 0 Å². The molecule has 2 aromatic carbocycles. The van der Waals surface area contributed by atoms with Crippen LogP contribution in [0.25, 0.3) is 11.0 Å². The van der Waals surface area contributed by atoms with Gasteiger partial charge in [-0.3, -0.25) is 4.79 Å². The second kappa shape index (κ2) is 5.89. The summed E-state index contributed by atoms with van der Waals surface area (Å²) < 4.78 is 5.26. The minimum Gasteiger partial charge on any atom is -0.496 e. The number of nitrogens with one attached hydrogen (secondary N) is 2. The molecule has 0 fully saturated rings. The average molecular weight is 295 g/mol. The number of carbonyl (C=O) groups excluding carboxylic acids is 1. The van der Waals surface area contributed by atoms with Crippen LogP contribution in [0.2, 0.25) is 0 Å². The van der Waals surface area contributed by atoms with E-state index in [1.54, 1.807) is 7.11 Å². The fraction of sp³-hybridized carbons (Fsp3) is 0.176. The van der Waals surface area contributed by atoms with Crippen molar-refractivity contribution < 1.29 is 9.53 Å². The van der Waals surface area contributed by atoms with Crippen molar-refractivity contribution in [2.75, 3.05) is 12.4 Å². The van der Waals surface area contributed by atoms with E-state index in [9.17, 15) is 4.79 Å². The lowest BCUT2D eigenvalue weighted by Crippen LogP contribution is -2.14. The molecule has 0 atom stereocenters. The number of amides is 1. The molecule has 5 heteroatoms. The number of rotatable bonds is 4. The molecule has 0 saturated heterocycles. The predicted octanol–water partition coefficient (Wildman–Crippen LogP) is 3.06. The van der Waals surface area contributed by atoms with Crippen molar-refractivity contribution in [2.45, 2.75) is 13.3 Å². The molecule has 5 nitrogen and oxygen atoms in total. The van der Waals surface area contributed by atoms with Gasteiger partial charge in [-0.05, 0) is 31.2 Å². The molecule has 0 aliphatic carbocycles. The number of hydrogen-bond acceptors (Lipinski definition) is 3. The van der Waals surface area contributed by atoms with Gasteiger partial charge in [0.05, 0.1) is 24.6 Å². The molecule has 3 aromatic rings. The Morgan fingerprint density at radius 3 is 2.91 bits per heavy atom. The number of methoxy groups -OCH3 is 1. The average Bonchev–Trinajstić information content (AvgIpc) is 2.87. The Kier molecular flexibility index (Phi) is 3.78. The number of nitrogens with zero attached hydrogens (tertiary/aromatic N) is 1. The van der Waals surface area contributed by atoms with E-state index in [1.165, 1.54) is 0 Å². The van der Waals surface area contributed by atoms with E-state index in [4.69, 9.17) is 4.74 Å². The second-order valence-corrected chi connectivity index (χ2v) is 5.09. The summed E-state index contributed by atoms with van der Waals surface area (Å²) in [6.45, 7) is 1.90. The van der Waals surface area contributed by atoms with Crippen LogP contribution in [0, 0.1) is 6.92 Å². The lowest BCUT2D eigenvalue weighted by atomic mass is 10.1. The zero-order chi connectivity index (χ0) is 15.5. The Bertz CT molecular complexity index is 824. The van der Waals surface area contributed by atoms with Gasteiger partial charge in [-0.15, -0.1) is 0 Å². The number of aryl methyl sites for hydroxylation is 1. The molecule has 3 rings (SSSR count). The number of fused-ring (bicyclic) bond motifs is 1. The summed E-state index contributed by atoms with van der Waals surface area (Å²) >= 11 is 0. The van der Waals surface area contributed by atoms with Crippen molar-refractivity contribution in [3.63, 3.8) is 0 Å². The molecule has 0 spiro atoms. The summed E-state index contributed by atoms with van der Waals surface area (Å²) in [5.74, 6) is 1.49. The summed E-state index contributed by atoms with van der Waals surface area (Å²) in [6, 6.07) is 13.1. The van der Waals surface area contributed by atoms with Crippen LogP contribution >= 0.6 is 0 Å². The third kappa shape index (κ3) is 2.93. The number of hydrogen-bond donors (Lipinski definition) is 2. The molecule has 0 aliphatic rings. The van der Waals surface area contributed by atoms with E-state index in [1.807, 2.05) is 49.4 Å². The first-order valence-corrected chi connectivity index (χ1v) is 7.04. The molecule has 1 heterocycles. The highest BCUT2D eigenvalue weighted by atomic mass is 16.5. The van der Waals surface area contributed by atoms with Gasteiger partial charge >= 0.3 is 0 Å². The molecule has 1 aromatic heterocycles. The Balaban J connectivity index is 1.75. The van der Waals surface area contributed by atoms with Gasteiger partial charge in [0.2, 0.25) is 5.91 Å². The van der Waals surface area contributed by atoms with Crippen molar-refractivity contribution >= 4 is 22.6 Å². The highest BCUT2D eigenvalue weighted by Crippen LogP contribution is 2.20. The van der Waals surface area contributed by atoms with Crippen molar-refractivity contribution in [3.8, 4) is 5.75 Å². The largest absolute Gasteiger partial charge is 0.496 e. The van der Waals surface area contributed by atoms with Gasteiger partial charge in [0.25, 0.3) is 0 Å². The van der Waals surface area contributed by atoms with E-state index in [0.717, 1.165) is 33.9 Å². The van der Waals surface area contributed by atoms with Gasteiger partial charge in [0.15, 0.2) is 0 Å². The van der Waals surface area contributed by atoms with Crippen LogP contribution in [-0.4, -0.2) is 23.0 Å². The molecular weight excluding hydrogens is 278 g/mol. The van der Waals surface area contributed by atoms with Crippen LogP contribution < -0.4 is 10.1 Å². The number of H-pyrrole nitrogens is 1. The number of anilines is 1. The van der Waals surface area contributed by atoms with E-state index in [0.29, 0.717) is 0 Å². The molecule has 112 valence electrons. The van der Waals surface area contributed by atoms with Crippen molar-refractivity contribution in [2.24, 2.45) is 0 Å². The number of ether oxygens (including phenoxy) is 1. The fourth-order valence-corrected chi connectivity index (χ4v) is 2.44. The third-order valence-electron chi connectivity index (χ3n) is 3.43. The smallest absolute Gasteiger partial charge is 0.228 e. The Morgan fingerprint density at radius 2 is 2.09 bits per heavy atom. The van der Waals surface area contributed by atoms with Crippen LogP contribution in [0.15, 0.2) is 42.5 Å². The topological polar surface area (TPSA) is 67.0 Å². The molecule has 0 saturated carbocycles. The van der Waals surface area contributed by atoms with Crippen LogP contribution in [-0.2, 0) is 11.2 Å². The first kappa shape index (κ1) is 14.1. The molecule has 0 radical (unpaired) electrons. The monoisotopic (exact) mass is 295 g/mol. The standard InChI is InChI=1S/C17H17N3O2/c1-11-18-14-8-7-13(10-15(14)19-11)20-17(21)9-12-5-3-4-6-16(12)22-2/h3-8,10H,9H2,1-2H3,(H,18,19)(H,20,21). The van der Waals surface area contributed by atoms with E-state index in [2.05, 4.69) is 15.3 Å². The molecule has 1 amide bonds. The third-order valence-corrected chi connectivity index (χ3v) is 3.43. The molecule has 0 bridgehead atoms. The fourth-order valence-electron chi connectivity index (χ4n) is 2.44. The lowest BCUT2D eigenvalue weighted by Gasteiger charge is -2.09. The van der Waals surface area contributed by atoms with Crippen molar-refractivity contribution in [1.82, 2.24) is 9.97 Å². The predicted molar refractivity (Wildman–Crippen MR) is 86.2 cm³/mol. The lowest BCUT2D eigenvalue weighted by molar-refractivity contribution is -0.115. The first-order chi connectivity index (χ1) is 10.7. The molecular formula is C17H17N3O2. The molecule has 22 heavy (non-hydrogen) atoms. The van der Waals surface area contributed by atoms with Gasteiger partial charge < -0.3 is 15.0 Å².